The second kappa shape index (κ2) is 9.45. The summed E-state index contributed by atoms with van der Waals surface area (Å²) in [7, 11) is -0.897. The van der Waals surface area contributed by atoms with E-state index in [1.165, 1.54) is 32.4 Å². The number of carbonyl (C=O) groups is 1. The fraction of sp³-hybridized carbons (Fsp3) is 0.263. The number of amides is 1. The summed E-state index contributed by atoms with van der Waals surface area (Å²) in [6, 6.07) is 8.02. The molecule has 0 aliphatic rings. The zero-order valence-corrected chi connectivity index (χ0v) is 18.8. The molecule has 2 N–H and O–H groups in total. The third kappa shape index (κ3) is 5.29. The Morgan fingerprint density at radius 1 is 1.13 bits per heavy atom. The molecular formula is C19H21BrN4O5S. The first-order valence-electron chi connectivity index (χ1n) is 8.94. The van der Waals surface area contributed by atoms with Gasteiger partial charge in [0.15, 0.2) is 11.5 Å². The van der Waals surface area contributed by atoms with Crippen LogP contribution in [0.15, 0.2) is 52.1 Å². The molecule has 0 aliphatic heterocycles. The number of nitrogens with zero attached hydrogens (tertiary/aromatic N) is 2. The zero-order valence-electron chi connectivity index (χ0n) is 16.4. The largest absolute Gasteiger partial charge is 0.493 e. The number of hydrogen-bond donors (Lipinski definition) is 2. The van der Waals surface area contributed by atoms with Gasteiger partial charge in [-0.15, -0.1) is 0 Å². The van der Waals surface area contributed by atoms with Gasteiger partial charge in [0, 0.05) is 35.9 Å². The van der Waals surface area contributed by atoms with Gasteiger partial charge in [0.05, 0.1) is 31.4 Å². The van der Waals surface area contributed by atoms with Gasteiger partial charge in [0.2, 0.25) is 15.9 Å². The number of pyridine rings is 1. The summed E-state index contributed by atoms with van der Waals surface area (Å²) in [5.74, 6) is 0.441. The van der Waals surface area contributed by atoms with Crippen LogP contribution >= 0.6 is 15.9 Å². The van der Waals surface area contributed by atoms with Crippen LogP contribution in [0.2, 0.25) is 0 Å². The Hall–Kier alpha value is -2.63. The van der Waals surface area contributed by atoms with E-state index in [1.807, 2.05) is 28.9 Å². The molecule has 30 heavy (non-hydrogen) atoms. The van der Waals surface area contributed by atoms with Crippen LogP contribution in [-0.4, -0.2) is 44.5 Å². The number of aromatic nitrogens is 2. The van der Waals surface area contributed by atoms with E-state index >= 15 is 0 Å². The summed E-state index contributed by atoms with van der Waals surface area (Å²) in [6.45, 7) is 0.210. The average molecular weight is 497 g/mol. The van der Waals surface area contributed by atoms with Gasteiger partial charge in [-0.3, -0.25) is 4.79 Å². The molecule has 0 unspecified atom stereocenters. The molecule has 0 aliphatic carbocycles. The Bertz CT molecular complexity index is 1160. The normalized spacial score (nSPS) is 11.4. The Morgan fingerprint density at radius 3 is 2.63 bits per heavy atom. The Kier molecular flexibility index (Phi) is 6.95. The van der Waals surface area contributed by atoms with Crippen LogP contribution in [0, 0.1) is 0 Å². The lowest BCUT2D eigenvalue weighted by Crippen LogP contribution is -2.30. The lowest BCUT2D eigenvalue weighted by Gasteiger charge is -2.11. The van der Waals surface area contributed by atoms with E-state index in [1.54, 1.807) is 0 Å². The molecule has 0 saturated heterocycles. The number of sulfonamides is 1. The van der Waals surface area contributed by atoms with E-state index in [4.69, 9.17) is 9.47 Å². The van der Waals surface area contributed by atoms with Gasteiger partial charge in [-0.25, -0.2) is 18.1 Å². The number of ether oxygens (including phenoxy) is 2. The number of benzene rings is 1. The molecule has 3 aromatic rings. The molecule has 0 radical (unpaired) electrons. The monoisotopic (exact) mass is 496 g/mol. The fourth-order valence-electron chi connectivity index (χ4n) is 2.75. The van der Waals surface area contributed by atoms with Crippen molar-refractivity contribution < 1.29 is 22.7 Å². The van der Waals surface area contributed by atoms with Crippen molar-refractivity contribution in [3.63, 3.8) is 0 Å². The Labute approximate surface area is 182 Å². The molecule has 2 aromatic heterocycles. The van der Waals surface area contributed by atoms with Crippen molar-refractivity contribution in [2.24, 2.45) is 0 Å². The Balaban J connectivity index is 1.51. The van der Waals surface area contributed by atoms with E-state index in [9.17, 15) is 13.2 Å². The lowest BCUT2D eigenvalue weighted by atomic mass is 10.3. The molecular weight excluding hydrogens is 476 g/mol. The molecule has 0 bridgehead atoms. The number of hydrogen-bond acceptors (Lipinski definition) is 6. The molecule has 9 nitrogen and oxygen atoms in total. The minimum absolute atomic E-state index is 0.00849. The number of nitrogens with one attached hydrogen (secondary N) is 2. The first-order valence-corrected chi connectivity index (χ1v) is 11.2. The summed E-state index contributed by atoms with van der Waals surface area (Å²) >= 11 is 3.39. The van der Waals surface area contributed by atoms with Crippen LogP contribution in [0.1, 0.15) is 12.1 Å². The van der Waals surface area contributed by atoms with E-state index in [0.29, 0.717) is 17.2 Å². The van der Waals surface area contributed by atoms with Gasteiger partial charge in [0.25, 0.3) is 0 Å². The molecule has 1 aromatic carbocycles. The molecule has 0 atom stereocenters. The maximum atomic E-state index is 12.4. The molecule has 1 amide bonds. The highest BCUT2D eigenvalue weighted by Crippen LogP contribution is 2.29. The van der Waals surface area contributed by atoms with Crippen molar-refractivity contribution in [3.8, 4) is 11.5 Å². The van der Waals surface area contributed by atoms with Crippen LogP contribution < -0.4 is 19.5 Å². The molecule has 0 saturated carbocycles. The van der Waals surface area contributed by atoms with Crippen LogP contribution in [0.3, 0.4) is 0 Å². The number of imidazole rings is 1. The third-order valence-electron chi connectivity index (χ3n) is 4.24. The second-order valence-corrected chi connectivity index (χ2v) is 8.97. The highest BCUT2D eigenvalue weighted by molar-refractivity contribution is 9.10. The summed E-state index contributed by atoms with van der Waals surface area (Å²) in [6.07, 6.45) is 3.68. The number of fused-ring (bicyclic) bond motifs is 1. The maximum Gasteiger partial charge on any atom is 0.240 e. The molecule has 0 fully saturated rings. The van der Waals surface area contributed by atoms with Crippen molar-refractivity contribution in [2.45, 2.75) is 17.9 Å². The highest BCUT2D eigenvalue weighted by Gasteiger charge is 2.17. The van der Waals surface area contributed by atoms with E-state index in [-0.39, 0.29) is 30.3 Å². The zero-order chi connectivity index (χ0) is 21.7. The van der Waals surface area contributed by atoms with Crippen LogP contribution in [0.25, 0.3) is 5.65 Å². The minimum Gasteiger partial charge on any atom is -0.493 e. The second-order valence-electron chi connectivity index (χ2n) is 6.29. The topological polar surface area (TPSA) is 111 Å². The summed E-state index contributed by atoms with van der Waals surface area (Å²) in [5, 5.41) is 2.74. The molecule has 2 heterocycles. The molecule has 160 valence electrons. The van der Waals surface area contributed by atoms with Gasteiger partial charge < -0.3 is 19.2 Å². The van der Waals surface area contributed by atoms with Gasteiger partial charge in [0.1, 0.15) is 5.65 Å². The SMILES string of the molecule is COc1ccc(S(=O)(=O)NCCC(=O)NCc2cn3cc(Br)ccc3n2)cc1OC. The third-order valence-corrected chi connectivity index (χ3v) is 6.17. The first kappa shape index (κ1) is 22.1. The van der Waals surface area contributed by atoms with Crippen molar-refractivity contribution in [2.75, 3.05) is 20.8 Å². The van der Waals surface area contributed by atoms with Crippen molar-refractivity contribution in [1.82, 2.24) is 19.4 Å². The van der Waals surface area contributed by atoms with Gasteiger partial charge in [-0.1, -0.05) is 0 Å². The smallest absolute Gasteiger partial charge is 0.240 e. The van der Waals surface area contributed by atoms with Gasteiger partial charge in [-0.05, 0) is 40.2 Å². The fourth-order valence-corrected chi connectivity index (χ4v) is 4.15. The summed E-state index contributed by atoms with van der Waals surface area (Å²) < 4.78 is 40.3. The van der Waals surface area contributed by atoms with E-state index in [0.717, 1.165) is 10.1 Å². The number of rotatable bonds is 9. The van der Waals surface area contributed by atoms with Gasteiger partial charge >= 0.3 is 0 Å². The molecule has 0 spiro atoms. The van der Waals surface area contributed by atoms with E-state index in [2.05, 4.69) is 31.0 Å². The minimum atomic E-state index is -3.79. The van der Waals surface area contributed by atoms with Crippen LogP contribution in [0.5, 0.6) is 11.5 Å². The summed E-state index contributed by atoms with van der Waals surface area (Å²) in [5.41, 5.74) is 1.47. The average Bonchev–Trinajstić information content (AvgIpc) is 3.13. The molecule has 3 rings (SSSR count). The number of methoxy groups -OCH3 is 2. The Morgan fingerprint density at radius 2 is 1.90 bits per heavy atom. The number of halogens is 1. The van der Waals surface area contributed by atoms with E-state index < -0.39 is 10.0 Å². The quantitative estimate of drug-likeness (QED) is 0.469. The molecule has 11 heteroatoms. The standard InChI is InChI=1S/C19H21BrN4O5S/c1-28-16-5-4-15(9-17(16)29-2)30(26,27)22-8-7-19(25)21-10-14-12-24-11-13(20)3-6-18(24)23-14/h3-6,9,11-12,22H,7-8,10H2,1-2H3,(H,21,25). The number of carbonyl (C=O) groups excluding carboxylic acids is 1. The van der Waals surface area contributed by atoms with Crippen molar-refractivity contribution in [3.05, 3.63) is 52.9 Å². The predicted octanol–water partition coefficient (Wildman–Crippen LogP) is 2.10. The van der Waals surface area contributed by atoms with Gasteiger partial charge in [-0.2, -0.15) is 0 Å². The van der Waals surface area contributed by atoms with Crippen LogP contribution in [0.4, 0.5) is 0 Å². The highest BCUT2D eigenvalue weighted by atomic mass is 79.9. The van der Waals surface area contributed by atoms with Crippen molar-refractivity contribution >= 4 is 37.5 Å². The predicted molar refractivity (Wildman–Crippen MR) is 114 cm³/mol. The maximum absolute atomic E-state index is 12.4. The lowest BCUT2D eigenvalue weighted by molar-refractivity contribution is -0.121. The van der Waals surface area contributed by atoms with Crippen LogP contribution in [-0.2, 0) is 21.4 Å². The first-order chi connectivity index (χ1) is 14.3. The van der Waals surface area contributed by atoms with Crippen molar-refractivity contribution in [1.29, 1.82) is 0 Å². The summed E-state index contributed by atoms with van der Waals surface area (Å²) in [4.78, 5) is 16.5.